The smallest absolute Gasteiger partial charge is 0.272 e. The van der Waals surface area contributed by atoms with Gasteiger partial charge in [0.25, 0.3) is 5.91 Å². The lowest BCUT2D eigenvalue weighted by atomic mass is 9.71. The molecule has 1 saturated carbocycles. The number of nitrogens with one attached hydrogen (secondary N) is 2. The van der Waals surface area contributed by atoms with E-state index < -0.39 is 0 Å². The molecule has 1 aromatic heterocycles. The molecule has 1 aromatic carbocycles. The van der Waals surface area contributed by atoms with Gasteiger partial charge in [0.1, 0.15) is 17.8 Å². The van der Waals surface area contributed by atoms with Gasteiger partial charge >= 0.3 is 0 Å². The van der Waals surface area contributed by atoms with E-state index >= 15 is 0 Å². The van der Waals surface area contributed by atoms with Crippen molar-refractivity contribution in [2.45, 2.75) is 63.1 Å². The molecule has 0 radical (unpaired) electrons. The summed E-state index contributed by atoms with van der Waals surface area (Å²) in [6.45, 7) is 5.70. The van der Waals surface area contributed by atoms with Gasteiger partial charge in [0.05, 0.1) is 12.7 Å². The number of hydrogen-bond acceptors (Lipinski definition) is 7. The van der Waals surface area contributed by atoms with E-state index in [0.717, 1.165) is 56.9 Å². The maximum Gasteiger partial charge on any atom is 0.272 e. The van der Waals surface area contributed by atoms with Crippen molar-refractivity contribution < 1.29 is 14.3 Å². The third-order valence-corrected chi connectivity index (χ3v) is 8.19. The van der Waals surface area contributed by atoms with Crippen LogP contribution in [0.2, 0.25) is 0 Å². The van der Waals surface area contributed by atoms with Crippen molar-refractivity contribution in [3.8, 4) is 0 Å². The summed E-state index contributed by atoms with van der Waals surface area (Å²) in [5.74, 6) is 2.07. The molecule has 194 valence electrons. The van der Waals surface area contributed by atoms with Crippen molar-refractivity contribution in [3.05, 3.63) is 53.5 Å². The van der Waals surface area contributed by atoms with Gasteiger partial charge < -0.3 is 25.0 Å². The number of likely N-dealkylation sites (tertiary alicyclic amines) is 1. The predicted molar refractivity (Wildman–Crippen MR) is 139 cm³/mol. The lowest BCUT2D eigenvalue weighted by Gasteiger charge is -2.38. The monoisotopic (exact) mass is 493 g/mol. The van der Waals surface area contributed by atoms with Gasteiger partial charge in [0, 0.05) is 51.0 Å². The van der Waals surface area contributed by atoms with E-state index in [-0.39, 0.29) is 12.0 Å². The Morgan fingerprint density at radius 3 is 2.67 bits per heavy atom. The highest BCUT2D eigenvalue weighted by Crippen LogP contribution is 2.41. The quantitative estimate of drug-likeness (QED) is 0.583. The summed E-state index contributed by atoms with van der Waals surface area (Å²) in [7, 11) is 1.75. The van der Waals surface area contributed by atoms with Crippen LogP contribution in [0, 0.1) is 12.8 Å². The lowest BCUT2D eigenvalue weighted by Crippen LogP contribution is -2.54. The lowest BCUT2D eigenvalue weighted by molar-refractivity contribution is -0.0533. The Kier molecular flexibility index (Phi) is 8.14. The fourth-order valence-corrected chi connectivity index (χ4v) is 5.82. The van der Waals surface area contributed by atoms with Gasteiger partial charge in [0.2, 0.25) is 0 Å². The van der Waals surface area contributed by atoms with E-state index in [1.54, 1.807) is 7.11 Å². The zero-order valence-corrected chi connectivity index (χ0v) is 21.5. The van der Waals surface area contributed by atoms with Gasteiger partial charge in [-0.15, -0.1) is 0 Å². The summed E-state index contributed by atoms with van der Waals surface area (Å²) >= 11 is 0. The minimum Gasteiger partial charge on any atom is -0.379 e. The summed E-state index contributed by atoms with van der Waals surface area (Å²) in [4.78, 5) is 24.1. The van der Waals surface area contributed by atoms with Crippen LogP contribution in [0.1, 0.15) is 59.6 Å². The van der Waals surface area contributed by atoms with Gasteiger partial charge in [-0.2, -0.15) is 0 Å². The van der Waals surface area contributed by atoms with E-state index in [9.17, 15) is 4.79 Å². The first-order valence-corrected chi connectivity index (χ1v) is 13.4. The molecule has 0 spiro atoms. The topological polar surface area (TPSA) is 88.6 Å². The summed E-state index contributed by atoms with van der Waals surface area (Å²) in [6.07, 6.45) is 6.81. The third-order valence-electron chi connectivity index (χ3n) is 8.19. The van der Waals surface area contributed by atoms with Crippen LogP contribution in [-0.2, 0) is 9.47 Å². The zero-order chi connectivity index (χ0) is 24.9. The number of piperidine rings is 1. The van der Waals surface area contributed by atoms with E-state index in [0.29, 0.717) is 36.2 Å². The molecule has 2 atom stereocenters. The molecule has 0 bridgehead atoms. The Labute approximate surface area is 214 Å². The summed E-state index contributed by atoms with van der Waals surface area (Å²) in [5, 5.41) is 7.25. The SMILES string of the molecule is COC1COCC[C@@H]1NC1CCN(C(=O)c2ncnc(NC[C@H]3C[C@@H](c4ccccc4)C3)c2C)CC1. The summed E-state index contributed by atoms with van der Waals surface area (Å²) in [5.41, 5.74) is 2.79. The van der Waals surface area contributed by atoms with Crippen LogP contribution in [0.4, 0.5) is 5.82 Å². The van der Waals surface area contributed by atoms with E-state index in [1.807, 2.05) is 11.8 Å². The number of anilines is 1. The number of amides is 1. The molecule has 1 unspecified atom stereocenters. The normalized spacial score (nSPS) is 26.9. The molecule has 36 heavy (non-hydrogen) atoms. The second-order valence-electron chi connectivity index (χ2n) is 10.5. The van der Waals surface area contributed by atoms with Crippen molar-refractivity contribution in [2.75, 3.05) is 45.3 Å². The molecule has 3 aliphatic rings. The maximum atomic E-state index is 13.3. The van der Waals surface area contributed by atoms with E-state index in [2.05, 4.69) is 50.9 Å². The Morgan fingerprint density at radius 1 is 1.14 bits per heavy atom. The first-order valence-electron chi connectivity index (χ1n) is 13.4. The number of nitrogens with zero attached hydrogens (tertiary/aromatic N) is 3. The van der Waals surface area contributed by atoms with Crippen molar-refractivity contribution in [1.29, 1.82) is 0 Å². The van der Waals surface area contributed by atoms with Crippen LogP contribution < -0.4 is 10.6 Å². The Morgan fingerprint density at radius 2 is 1.92 bits per heavy atom. The van der Waals surface area contributed by atoms with Gasteiger partial charge in [0.15, 0.2) is 0 Å². The number of hydrogen-bond donors (Lipinski definition) is 2. The average molecular weight is 494 g/mol. The Bertz CT molecular complexity index is 1010. The van der Waals surface area contributed by atoms with E-state index in [4.69, 9.17) is 9.47 Å². The minimum absolute atomic E-state index is 0.00465. The van der Waals surface area contributed by atoms with Crippen LogP contribution in [0.3, 0.4) is 0 Å². The fraction of sp³-hybridized carbons (Fsp3) is 0.607. The van der Waals surface area contributed by atoms with Gasteiger partial charge in [-0.05, 0) is 56.4 Å². The highest BCUT2D eigenvalue weighted by atomic mass is 16.5. The molecular formula is C28H39N5O3. The number of aromatic nitrogens is 2. The highest BCUT2D eigenvalue weighted by Gasteiger charge is 2.32. The second-order valence-corrected chi connectivity index (χ2v) is 10.5. The molecule has 5 rings (SSSR count). The third kappa shape index (κ3) is 5.71. The van der Waals surface area contributed by atoms with Crippen LogP contribution in [-0.4, -0.2) is 78.9 Å². The largest absolute Gasteiger partial charge is 0.379 e. The number of carbonyl (C=O) groups excluding carboxylic acids is 1. The average Bonchev–Trinajstić information content (AvgIpc) is 2.89. The molecule has 2 N–H and O–H groups in total. The first kappa shape index (κ1) is 25.1. The molecule has 1 amide bonds. The second kappa shape index (κ2) is 11.7. The van der Waals surface area contributed by atoms with Crippen molar-refractivity contribution in [2.24, 2.45) is 5.92 Å². The predicted octanol–water partition coefficient (Wildman–Crippen LogP) is 3.39. The number of rotatable bonds is 8. The number of carbonyl (C=O) groups is 1. The standard InChI is InChI=1S/C28H39N5O3/c1-19-26(28(34)33-11-8-23(9-12-33)32-24-10-13-36-17-25(24)35-2)30-18-31-27(19)29-16-20-14-22(15-20)21-6-4-3-5-7-21/h3-7,18,20,22-25,32H,8-17H2,1-2H3,(H,29,30,31)/t20-,22+,24-,25?/m0/s1. The zero-order valence-electron chi connectivity index (χ0n) is 21.5. The fourth-order valence-electron chi connectivity index (χ4n) is 5.82. The molecular weight excluding hydrogens is 454 g/mol. The van der Waals surface area contributed by atoms with Crippen molar-refractivity contribution in [1.82, 2.24) is 20.2 Å². The van der Waals surface area contributed by atoms with E-state index in [1.165, 1.54) is 24.7 Å². The number of methoxy groups -OCH3 is 1. The Hall–Kier alpha value is -2.55. The number of ether oxygens (including phenoxy) is 2. The number of benzene rings is 1. The van der Waals surface area contributed by atoms with Gasteiger partial charge in [-0.25, -0.2) is 9.97 Å². The maximum absolute atomic E-state index is 13.3. The molecule has 2 aromatic rings. The summed E-state index contributed by atoms with van der Waals surface area (Å²) < 4.78 is 11.1. The molecule has 3 heterocycles. The van der Waals surface area contributed by atoms with Crippen molar-refractivity contribution >= 4 is 11.7 Å². The minimum atomic E-state index is 0.00465. The molecule has 3 fully saturated rings. The summed E-state index contributed by atoms with van der Waals surface area (Å²) in [6, 6.07) is 11.5. The molecule has 2 saturated heterocycles. The molecule has 1 aliphatic carbocycles. The highest BCUT2D eigenvalue weighted by molar-refractivity contribution is 5.94. The van der Waals surface area contributed by atoms with Crippen molar-refractivity contribution in [3.63, 3.8) is 0 Å². The van der Waals surface area contributed by atoms with Gasteiger partial charge in [-0.3, -0.25) is 4.79 Å². The van der Waals surface area contributed by atoms with Crippen LogP contribution in [0.5, 0.6) is 0 Å². The van der Waals surface area contributed by atoms with Crippen LogP contribution >= 0.6 is 0 Å². The Balaban J connectivity index is 1.11. The first-order chi connectivity index (χ1) is 17.6. The van der Waals surface area contributed by atoms with Crippen LogP contribution in [0.25, 0.3) is 0 Å². The molecule has 8 nitrogen and oxygen atoms in total. The molecule has 8 heteroatoms. The van der Waals surface area contributed by atoms with Gasteiger partial charge in [-0.1, -0.05) is 30.3 Å². The van der Waals surface area contributed by atoms with Crippen LogP contribution in [0.15, 0.2) is 36.7 Å². The molecule has 2 aliphatic heterocycles.